The van der Waals surface area contributed by atoms with Crippen molar-refractivity contribution in [3.05, 3.63) is 69.2 Å². The highest BCUT2D eigenvalue weighted by Crippen LogP contribution is 2.59. The molecule has 35 heavy (non-hydrogen) atoms. The highest BCUT2D eigenvalue weighted by Gasteiger charge is 2.63. The maximum absolute atomic E-state index is 14.0. The van der Waals surface area contributed by atoms with Gasteiger partial charge >= 0.3 is 5.97 Å². The summed E-state index contributed by atoms with van der Waals surface area (Å²) in [6.07, 6.45) is 0.407. The van der Waals surface area contributed by atoms with E-state index >= 15 is 0 Å². The van der Waals surface area contributed by atoms with Crippen molar-refractivity contribution >= 4 is 17.3 Å². The van der Waals surface area contributed by atoms with Gasteiger partial charge in [0.05, 0.1) is 35.0 Å². The quantitative estimate of drug-likeness (QED) is 0.536. The normalized spacial score (nSPS) is 27.5. The van der Waals surface area contributed by atoms with Crippen LogP contribution in [-0.4, -0.2) is 28.9 Å². The first-order chi connectivity index (χ1) is 16.4. The van der Waals surface area contributed by atoms with Gasteiger partial charge in [-0.2, -0.15) is 0 Å². The fourth-order valence-electron chi connectivity index (χ4n) is 6.44. The fraction of sp³-hybridized carbons (Fsp3) is 0.500. The Balaban J connectivity index is 1.65. The fourth-order valence-corrected chi connectivity index (χ4v) is 6.44. The zero-order valence-electron chi connectivity index (χ0n) is 22.0. The van der Waals surface area contributed by atoms with E-state index in [1.807, 2.05) is 48.5 Å². The summed E-state index contributed by atoms with van der Waals surface area (Å²) in [5.41, 5.74) is 7.13. The van der Waals surface area contributed by atoms with E-state index in [4.69, 9.17) is 9.47 Å². The molecule has 5 nitrogen and oxygen atoms in total. The van der Waals surface area contributed by atoms with Gasteiger partial charge in [-0.1, -0.05) is 17.7 Å². The molecule has 2 fully saturated rings. The van der Waals surface area contributed by atoms with Gasteiger partial charge in [0.15, 0.2) is 5.78 Å². The molecule has 0 unspecified atom stereocenters. The van der Waals surface area contributed by atoms with Crippen molar-refractivity contribution in [2.75, 3.05) is 0 Å². The highest BCUT2D eigenvalue weighted by atomic mass is 16.6. The summed E-state index contributed by atoms with van der Waals surface area (Å²) in [5.74, 6) is -0.197. The van der Waals surface area contributed by atoms with Crippen LogP contribution < -0.4 is 0 Å². The van der Waals surface area contributed by atoms with Gasteiger partial charge in [-0.15, -0.1) is 0 Å². The Morgan fingerprint density at radius 2 is 1.57 bits per heavy atom. The van der Waals surface area contributed by atoms with Gasteiger partial charge in [-0.25, -0.2) is 0 Å². The number of carbonyl (C=O) groups excluding carboxylic acids is 2. The zero-order valence-corrected chi connectivity index (χ0v) is 22.0. The summed E-state index contributed by atoms with van der Waals surface area (Å²) in [6, 6.07) is 8.42. The molecule has 1 aromatic heterocycles. The van der Waals surface area contributed by atoms with Crippen molar-refractivity contribution < 1.29 is 19.1 Å². The molecule has 0 amide bonds. The zero-order chi connectivity index (χ0) is 25.4. The van der Waals surface area contributed by atoms with E-state index in [9.17, 15) is 9.59 Å². The topological polar surface area (TPSA) is 65.5 Å². The van der Waals surface area contributed by atoms with Gasteiger partial charge in [0.2, 0.25) is 0 Å². The molecule has 3 heterocycles. The van der Waals surface area contributed by atoms with Crippen molar-refractivity contribution in [3.63, 3.8) is 0 Å². The number of esters is 1. The minimum atomic E-state index is -0.687. The molecule has 5 heteroatoms. The first-order valence-corrected chi connectivity index (χ1v) is 12.6. The summed E-state index contributed by atoms with van der Waals surface area (Å²) in [7, 11) is 0. The largest absolute Gasteiger partial charge is 0.429 e. The lowest BCUT2D eigenvalue weighted by molar-refractivity contribution is -0.149. The molecule has 3 aliphatic rings. The predicted molar refractivity (Wildman–Crippen MR) is 135 cm³/mol. The Hall–Kier alpha value is -2.79. The maximum Gasteiger partial charge on any atom is 0.316 e. The first kappa shape index (κ1) is 23.9. The number of rotatable bonds is 3. The van der Waals surface area contributed by atoms with E-state index in [-0.39, 0.29) is 41.7 Å². The summed E-state index contributed by atoms with van der Waals surface area (Å²) >= 11 is 0. The van der Waals surface area contributed by atoms with Gasteiger partial charge in [0.25, 0.3) is 0 Å². The van der Waals surface area contributed by atoms with Crippen LogP contribution in [0.5, 0.6) is 0 Å². The number of hydrogen-bond donors (Lipinski definition) is 0. The van der Waals surface area contributed by atoms with Crippen LogP contribution in [0.4, 0.5) is 0 Å². The maximum atomic E-state index is 14.0. The van der Waals surface area contributed by atoms with E-state index in [2.05, 4.69) is 36.2 Å². The number of Topliss-reactive ketones (excluding diaryl/α,β-unsaturated/α-hetero) is 1. The molecule has 2 bridgehead atoms. The minimum Gasteiger partial charge on any atom is -0.429 e. The number of hydrogen-bond acceptors (Lipinski definition) is 5. The van der Waals surface area contributed by atoms with Crippen LogP contribution in [0.25, 0.3) is 5.57 Å². The van der Waals surface area contributed by atoms with E-state index in [1.54, 1.807) is 0 Å². The third kappa shape index (κ3) is 3.85. The Kier molecular flexibility index (Phi) is 5.55. The number of ether oxygens (including phenoxy) is 2. The molecule has 0 radical (unpaired) electrons. The first-order valence-electron chi connectivity index (χ1n) is 12.6. The molecule has 0 saturated carbocycles. The smallest absolute Gasteiger partial charge is 0.316 e. The Labute approximate surface area is 207 Å². The van der Waals surface area contributed by atoms with E-state index in [0.717, 1.165) is 40.1 Å². The molecular weight excluding hydrogens is 438 g/mol. The van der Waals surface area contributed by atoms with Gasteiger partial charge in [0, 0.05) is 17.3 Å². The van der Waals surface area contributed by atoms with Crippen LogP contribution in [0.15, 0.2) is 30.0 Å². The van der Waals surface area contributed by atoms with E-state index in [0.29, 0.717) is 11.3 Å². The Morgan fingerprint density at radius 1 is 0.971 bits per heavy atom. The van der Waals surface area contributed by atoms with Gasteiger partial charge in [-0.3, -0.25) is 14.6 Å². The average molecular weight is 474 g/mol. The lowest BCUT2D eigenvalue weighted by atomic mass is 9.72. The van der Waals surface area contributed by atoms with Gasteiger partial charge < -0.3 is 9.47 Å². The van der Waals surface area contributed by atoms with Crippen molar-refractivity contribution in [1.82, 2.24) is 4.98 Å². The molecule has 2 saturated heterocycles. The molecule has 1 aliphatic carbocycles. The number of ketones is 1. The second-order valence-electron chi connectivity index (χ2n) is 11.7. The number of carbonyl (C=O) groups is 2. The van der Waals surface area contributed by atoms with Crippen molar-refractivity contribution in [2.24, 2.45) is 17.3 Å². The SMILES string of the molecule is Cc1cc(C)c(C2=C(OC(=O)C(C)(C)C)[C@@H]3[C@@H]4O[C@@H](C[C@H]4c4cc(C)nc(C)c4)[C@@H]3C2=O)c(C)c1. The molecule has 5 rings (SSSR count). The summed E-state index contributed by atoms with van der Waals surface area (Å²) in [5, 5.41) is 0. The number of fused-ring (bicyclic) bond motifs is 5. The predicted octanol–water partition coefficient (Wildman–Crippen LogP) is 5.69. The molecule has 0 N–H and O–H groups in total. The van der Waals surface area contributed by atoms with Crippen molar-refractivity contribution in [3.8, 4) is 0 Å². The molecule has 1 aromatic carbocycles. The number of pyridine rings is 1. The van der Waals surface area contributed by atoms with Crippen LogP contribution >= 0.6 is 0 Å². The van der Waals surface area contributed by atoms with Gasteiger partial charge in [-0.05, 0) is 96.2 Å². The summed E-state index contributed by atoms with van der Waals surface area (Å²) in [6.45, 7) is 15.7. The Morgan fingerprint density at radius 3 is 2.14 bits per heavy atom. The van der Waals surface area contributed by atoms with Crippen LogP contribution in [0.3, 0.4) is 0 Å². The number of nitrogens with zero attached hydrogens (tertiary/aromatic N) is 1. The number of benzene rings is 1. The van der Waals surface area contributed by atoms with E-state index in [1.165, 1.54) is 5.56 Å². The van der Waals surface area contributed by atoms with Crippen LogP contribution in [0.2, 0.25) is 0 Å². The summed E-state index contributed by atoms with van der Waals surface area (Å²) < 4.78 is 12.6. The molecule has 2 aromatic rings. The molecule has 2 aliphatic heterocycles. The summed E-state index contributed by atoms with van der Waals surface area (Å²) in [4.78, 5) is 31.7. The molecule has 5 atom stereocenters. The van der Waals surface area contributed by atoms with Crippen molar-refractivity contribution in [2.45, 2.75) is 79.9 Å². The molecule has 184 valence electrons. The molecule has 0 spiro atoms. The third-order valence-electron chi connectivity index (χ3n) is 7.73. The standard InChI is InChI=1S/C30H35NO4/c1-14-9-15(2)22(16(3)10-14)24-26(32)23-21-13-20(19-11-17(4)31-18(5)12-19)27(34-21)25(23)28(24)35-29(33)30(6,7)8/h9-12,20-21,23,25,27H,13H2,1-8H3/t20-,21-,23-,25-,27+/m0/s1. The highest BCUT2D eigenvalue weighted by molar-refractivity contribution is 6.26. The monoisotopic (exact) mass is 473 g/mol. The second kappa shape index (κ2) is 8.12. The van der Waals surface area contributed by atoms with Gasteiger partial charge in [0.1, 0.15) is 5.76 Å². The average Bonchev–Trinajstić information content (AvgIpc) is 3.38. The second-order valence-corrected chi connectivity index (χ2v) is 11.7. The number of aromatic nitrogens is 1. The minimum absolute atomic E-state index is 0.0507. The van der Waals surface area contributed by atoms with Crippen LogP contribution in [0, 0.1) is 51.9 Å². The third-order valence-corrected chi connectivity index (χ3v) is 7.73. The van der Waals surface area contributed by atoms with Crippen LogP contribution in [-0.2, 0) is 19.1 Å². The van der Waals surface area contributed by atoms with Crippen molar-refractivity contribution in [1.29, 1.82) is 0 Å². The van der Waals surface area contributed by atoms with E-state index < -0.39 is 5.41 Å². The lowest BCUT2D eigenvalue weighted by Gasteiger charge is -2.30. The lowest BCUT2D eigenvalue weighted by Crippen LogP contribution is -2.35. The Bertz CT molecular complexity index is 1240. The number of allylic oxidation sites excluding steroid dienone is 1. The van der Waals surface area contributed by atoms with Crippen LogP contribution in [0.1, 0.15) is 72.3 Å². The number of aryl methyl sites for hydroxylation is 5. The molecular formula is C30H35NO4.